The summed E-state index contributed by atoms with van der Waals surface area (Å²) in [5.74, 6) is 0.780. The lowest BCUT2D eigenvalue weighted by atomic mass is 10.1. The van der Waals surface area contributed by atoms with Crippen molar-refractivity contribution < 1.29 is 19.1 Å². The highest BCUT2D eigenvalue weighted by Crippen LogP contribution is 2.20. The number of carbonyl (C=O) groups is 1. The number of aromatic nitrogens is 2. The van der Waals surface area contributed by atoms with Gasteiger partial charge < -0.3 is 14.4 Å². The maximum atomic E-state index is 12.0. The van der Waals surface area contributed by atoms with Gasteiger partial charge in [-0.25, -0.2) is 4.79 Å². The van der Waals surface area contributed by atoms with Gasteiger partial charge in [-0.2, -0.15) is 0 Å². The lowest BCUT2D eigenvalue weighted by Gasteiger charge is -2.25. The summed E-state index contributed by atoms with van der Waals surface area (Å²) in [5, 5.41) is 4.25. The Balaban J connectivity index is 1.66. The van der Waals surface area contributed by atoms with E-state index in [2.05, 4.69) is 5.10 Å². The van der Waals surface area contributed by atoms with Crippen LogP contribution in [0.5, 0.6) is 5.75 Å². The molecule has 0 saturated carbocycles. The number of ether oxygens (including phenoxy) is 2. The van der Waals surface area contributed by atoms with E-state index in [4.69, 9.17) is 14.3 Å². The number of benzene rings is 1. The topological polar surface area (TPSA) is 65.8 Å². The van der Waals surface area contributed by atoms with Crippen LogP contribution in [0.3, 0.4) is 0 Å². The van der Waals surface area contributed by atoms with Crippen LogP contribution in [0, 0.1) is 0 Å². The minimum absolute atomic E-state index is 0.423. The van der Waals surface area contributed by atoms with E-state index in [9.17, 15) is 4.79 Å². The van der Waals surface area contributed by atoms with Crippen LogP contribution in [0.25, 0.3) is 11.3 Å². The fourth-order valence-corrected chi connectivity index (χ4v) is 2.16. The molecule has 0 spiro atoms. The van der Waals surface area contributed by atoms with E-state index in [0.717, 1.165) is 17.0 Å². The second-order valence-electron chi connectivity index (χ2n) is 4.79. The Bertz CT molecular complexity index is 632. The fourth-order valence-electron chi connectivity index (χ4n) is 2.16. The Morgan fingerprint density at radius 1 is 1.18 bits per heavy atom. The van der Waals surface area contributed by atoms with Crippen molar-refractivity contribution in [1.82, 2.24) is 14.8 Å². The summed E-state index contributed by atoms with van der Waals surface area (Å²) in [4.78, 5) is 20.0. The molecular formula is C15H17N3O4. The Hall–Kier alpha value is -2.54. The summed E-state index contributed by atoms with van der Waals surface area (Å²) in [6.07, 6.45) is 1.19. The van der Waals surface area contributed by atoms with Gasteiger partial charge in [0.2, 0.25) is 0 Å². The van der Waals surface area contributed by atoms with E-state index in [0.29, 0.717) is 26.3 Å². The minimum atomic E-state index is -0.423. The standard InChI is InChI=1S/C15H17N3O4/c1-20-13-4-2-12(3-5-13)14-6-7-18(16-14)22-15(19)17-8-10-21-11-9-17/h2-7H,8-11H2,1H3. The predicted molar refractivity (Wildman–Crippen MR) is 78.6 cm³/mol. The Kier molecular flexibility index (Phi) is 4.24. The molecule has 1 aromatic carbocycles. The minimum Gasteiger partial charge on any atom is -0.497 e. The van der Waals surface area contributed by atoms with Gasteiger partial charge in [-0.3, -0.25) is 4.84 Å². The molecule has 0 radical (unpaired) electrons. The molecule has 0 aliphatic carbocycles. The van der Waals surface area contributed by atoms with Crippen LogP contribution in [0.15, 0.2) is 36.5 Å². The highest BCUT2D eigenvalue weighted by atomic mass is 16.7. The summed E-state index contributed by atoms with van der Waals surface area (Å²) in [7, 11) is 1.62. The fraction of sp³-hybridized carbons (Fsp3) is 0.333. The smallest absolute Gasteiger partial charge is 0.436 e. The van der Waals surface area contributed by atoms with Crippen molar-refractivity contribution in [2.24, 2.45) is 0 Å². The van der Waals surface area contributed by atoms with Crippen LogP contribution in [0.4, 0.5) is 4.79 Å². The molecular weight excluding hydrogens is 286 g/mol. The molecule has 7 nitrogen and oxygen atoms in total. The molecule has 3 rings (SSSR count). The van der Waals surface area contributed by atoms with E-state index in [1.807, 2.05) is 24.3 Å². The van der Waals surface area contributed by atoms with Gasteiger partial charge in [0.1, 0.15) is 5.75 Å². The predicted octanol–water partition coefficient (Wildman–Crippen LogP) is 1.44. The van der Waals surface area contributed by atoms with Gasteiger partial charge in [-0.15, -0.1) is 5.10 Å². The Morgan fingerprint density at radius 2 is 1.91 bits per heavy atom. The summed E-state index contributed by atoms with van der Waals surface area (Å²) in [6.45, 7) is 2.13. The largest absolute Gasteiger partial charge is 0.497 e. The molecule has 2 aromatic rings. The Labute approximate surface area is 127 Å². The molecule has 1 fully saturated rings. The summed E-state index contributed by atoms with van der Waals surface area (Å²) in [5.41, 5.74) is 1.64. The van der Waals surface area contributed by atoms with Crippen molar-refractivity contribution >= 4 is 6.09 Å². The normalized spacial score (nSPS) is 14.7. The van der Waals surface area contributed by atoms with E-state index >= 15 is 0 Å². The van der Waals surface area contributed by atoms with Crippen molar-refractivity contribution in [2.45, 2.75) is 0 Å². The number of hydrogen-bond donors (Lipinski definition) is 0. The van der Waals surface area contributed by atoms with Crippen LogP contribution in [0.1, 0.15) is 0 Å². The van der Waals surface area contributed by atoms with Crippen LogP contribution in [-0.4, -0.2) is 54.4 Å². The molecule has 116 valence electrons. The van der Waals surface area contributed by atoms with Crippen LogP contribution < -0.4 is 9.57 Å². The molecule has 0 bridgehead atoms. The van der Waals surface area contributed by atoms with E-state index < -0.39 is 6.09 Å². The molecule has 1 saturated heterocycles. The summed E-state index contributed by atoms with van der Waals surface area (Å²) < 4.78 is 10.3. The van der Waals surface area contributed by atoms with Crippen molar-refractivity contribution in [3.63, 3.8) is 0 Å². The van der Waals surface area contributed by atoms with Gasteiger partial charge in [0, 0.05) is 18.7 Å². The van der Waals surface area contributed by atoms with Crippen molar-refractivity contribution in [3.8, 4) is 17.0 Å². The molecule has 0 N–H and O–H groups in total. The zero-order chi connectivity index (χ0) is 15.4. The first kappa shape index (κ1) is 14.4. The molecule has 22 heavy (non-hydrogen) atoms. The SMILES string of the molecule is COc1ccc(-c2ccn(OC(=O)N3CCOCC3)n2)cc1. The van der Waals surface area contributed by atoms with Gasteiger partial charge >= 0.3 is 6.09 Å². The monoisotopic (exact) mass is 303 g/mol. The Morgan fingerprint density at radius 3 is 2.59 bits per heavy atom. The van der Waals surface area contributed by atoms with E-state index in [1.54, 1.807) is 24.3 Å². The van der Waals surface area contributed by atoms with E-state index in [1.165, 1.54) is 4.85 Å². The molecule has 0 unspecified atom stereocenters. The average Bonchev–Trinajstić information content (AvgIpc) is 3.04. The molecule has 1 aliphatic rings. The van der Waals surface area contributed by atoms with Gasteiger partial charge in [-0.1, -0.05) is 4.85 Å². The third kappa shape index (κ3) is 3.20. The molecule has 2 heterocycles. The number of rotatable bonds is 3. The van der Waals surface area contributed by atoms with E-state index in [-0.39, 0.29) is 0 Å². The number of carbonyl (C=O) groups excluding carboxylic acids is 1. The third-order valence-corrected chi connectivity index (χ3v) is 3.39. The van der Waals surface area contributed by atoms with Gasteiger partial charge in [0.15, 0.2) is 0 Å². The zero-order valence-corrected chi connectivity index (χ0v) is 12.3. The van der Waals surface area contributed by atoms with Gasteiger partial charge in [0.05, 0.1) is 32.2 Å². The third-order valence-electron chi connectivity index (χ3n) is 3.39. The number of nitrogens with zero attached hydrogens (tertiary/aromatic N) is 3. The average molecular weight is 303 g/mol. The first-order valence-electron chi connectivity index (χ1n) is 7.01. The number of morpholine rings is 1. The van der Waals surface area contributed by atoms with Gasteiger partial charge in [-0.05, 0) is 30.3 Å². The lowest BCUT2D eigenvalue weighted by Crippen LogP contribution is -2.44. The molecule has 1 aromatic heterocycles. The van der Waals surface area contributed by atoms with Crippen LogP contribution >= 0.6 is 0 Å². The molecule has 7 heteroatoms. The highest BCUT2D eigenvalue weighted by Gasteiger charge is 2.19. The van der Waals surface area contributed by atoms with Crippen molar-refractivity contribution in [2.75, 3.05) is 33.4 Å². The number of methoxy groups -OCH3 is 1. The first-order chi connectivity index (χ1) is 10.8. The van der Waals surface area contributed by atoms with Crippen molar-refractivity contribution in [3.05, 3.63) is 36.5 Å². The number of hydrogen-bond acceptors (Lipinski definition) is 5. The maximum Gasteiger partial charge on any atom is 0.436 e. The number of amides is 1. The molecule has 1 amide bonds. The van der Waals surface area contributed by atoms with Gasteiger partial charge in [0.25, 0.3) is 0 Å². The summed E-state index contributed by atoms with van der Waals surface area (Å²) >= 11 is 0. The zero-order valence-electron chi connectivity index (χ0n) is 12.3. The quantitative estimate of drug-likeness (QED) is 0.858. The second kappa shape index (κ2) is 6.48. The van der Waals surface area contributed by atoms with Crippen molar-refractivity contribution in [1.29, 1.82) is 0 Å². The maximum absolute atomic E-state index is 12.0. The molecule has 0 atom stereocenters. The molecule has 1 aliphatic heterocycles. The van der Waals surface area contributed by atoms with Crippen LogP contribution in [-0.2, 0) is 4.74 Å². The van der Waals surface area contributed by atoms with Crippen LogP contribution in [0.2, 0.25) is 0 Å². The second-order valence-corrected chi connectivity index (χ2v) is 4.79. The highest BCUT2D eigenvalue weighted by molar-refractivity contribution is 5.68. The first-order valence-corrected chi connectivity index (χ1v) is 7.01. The lowest BCUT2D eigenvalue weighted by molar-refractivity contribution is 0.0198. The summed E-state index contributed by atoms with van der Waals surface area (Å²) in [6, 6.07) is 9.29.